The summed E-state index contributed by atoms with van der Waals surface area (Å²) in [5.74, 6) is -0.634. The van der Waals surface area contributed by atoms with Gasteiger partial charge in [0, 0.05) is 11.8 Å². The van der Waals surface area contributed by atoms with Crippen molar-refractivity contribution in [1.82, 2.24) is 20.0 Å². The molecule has 0 aliphatic rings. The van der Waals surface area contributed by atoms with Crippen molar-refractivity contribution in [1.29, 1.82) is 0 Å². The van der Waals surface area contributed by atoms with Gasteiger partial charge in [-0.15, -0.1) is 18.3 Å². The molecule has 33 heavy (non-hydrogen) atoms. The molecule has 0 unspecified atom stereocenters. The highest BCUT2D eigenvalue weighted by Crippen LogP contribution is 2.28. The van der Waals surface area contributed by atoms with Gasteiger partial charge in [-0.3, -0.25) is 9.78 Å². The average molecular weight is 473 g/mol. The Labute approximate surface area is 191 Å². The Hall–Kier alpha value is -3.72. The Morgan fingerprint density at radius 3 is 2.55 bits per heavy atom. The van der Waals surface area contributed by atoms with Gasteiger partial charge >= 0.3 is 6.36 Å². The minimum absolute atomic E-state index is 0.147. The van der Waals surface area contributed by atoms with Crippen LogP contribution in [0.25, 0.3) is 11.4 Å². The Morgan fingerprint density at radius 2 is 1.79 bits per heavy atom. The number of hydrogen-bond donors (Lipinski definition) is 0. The molecule has 6 nitrogen and oxygen atoms in total. The summed E-state index contributed by atoms with van der Waals surface area (Å²) in [4.78, 5) is 17.5. The predicted molar refractivity (Wildman–Crippen MR) is 115 cm³/mol. The Kier molecular flexibility index (Phi) is 6.15. The lowest BCUT2D eigenvalue weighted by Crippen LogP contribution is -2.17. The number of benzene rings is 2. The fourth-order valence-electron chi connectivity index (χ4n) is 3.31. The first-order chi connectivity index (χ1) is 15.7. The van der Waals surface area contributed by atoms with Gasteiger partial charge < -0.3 is 4.74 Å². The number of carbonyl (C=O) groups excluding carboxylic acids is 1. The summed E-state index contributed by atoms with van der Waals surface area (Å²) in [5.41, 5.74) is 2.48. The van der Waals surface area contributed by atoms with Crippen LogP contribution in [-0.2, 0) is 6.54 Å². The smallest absolute Gasteiger partial charge is 0.406 e. The van der Waals surface area contributed by atoms with Crippen molar-refractivity contribution in [2.24, 2.45) is 0 Å². The van der Waals surface area contributed by atoms with Crippen LogP contribution in [0.5, 0.6) is 5.75 Å². The maximum absolute atomic E-state index is 13.1. The molecule has 168 valence electrons. The fourth-order valence-corrected chi connectivity index (χ4v) is 3.53. The number of ketones is 1. The quantitative estimate of drug-likeness (QED) is 0.347. The highest BCUT2D eigenvalue weighted by Gasteiger charge is 2.31. The zero-order valence-electron chi connectivity index (χ0n) is 17.2. The Balaban J connectivity index is 1.65. The molecular formula is C23H16ClF3N4O2. The SMILES string of the molecule is Cc1c(-c2ncccc2C(=O)c2ccccc2Cl)nnn1Cc1cccc(OC(F)(F)F)c1. The van der Waals surface area contributed by atoms with E-state index in [0.717, 1.165) is 0 Å². The number of aromatic nitrogens is 4. The molecule has 0 fully saturated rings. The summed E-state index contributed by atoms with van der Waals surface area (Å²) in [5, 5.41) is 8.60. The van der Waals surface area contributed by atoms with E-state index in [4.69, 9.17) is 11.6 Å². The highest BCUT2D eigenvalue weighted by molar-refractivity contribution is 6.35. The zero-order valence-corrected chi connectivity index (χ0v) is 17.9. The summed E-state index contributed by atoms with van der Waals surface area (Å²) in [6.07, 6.45) is -3.24. The maximum atomic E-state index is 13.1. The molecule has 0 saturated carbocycles. The van der Waals surface area contributed by atoms with Gasteiger partial charge in [-0.2, -0.15) is 0 Å². The van der Waals surface area contributed by atoms with Gasteiger partial charge in [0.05, 0.1) is 22.8 Å². The van der Waals surface area contributed by atoms with Gasteiger partial charge in [0.2, 0.25) is 0 Å². The highest BCUT2D eigenvalue weighted by atomic mass is 35.5. The topological polar surface area (TPSA) is 69.9 Å². The number of nitrogens with zero attached hydrogens (tertiary/aromatic N) is 4. The third-order valence-electron chi connectivity index (χ3n) is 4.84. The number of pyridine rings is 1. The zero-order chi connectivity index (χ0) is 23.6. The first-order valence-corrected chi connectivity index (χ1v) is 10.1. The second-order valence-electron chi connectivity index (χ2n) is 7.08. The van der Waals surface area contributed by atoms with Crippen molar-refractivity contribution in [3.63, 3.8) is 0 Å². The molecular weight excluding hydrogens is 457 g/mol. The van der Waals surface area contributed by atoms with E-state index < -0.39 is 6.36 Å². The van der Waals surface area contributed by atoms with Crippen LogP contribution >= 0.6 is 11.6 Å². The van der Waals surface area contributed by atoms with Gasteiger partial charge in [0.15, 0.2) is 5.78 Å². The van der Waals surface area contributed by atoms with Crippen LogP contribution in [0.3, 0.4) is 0 Å². The van der Waals surface area contributed by atoms with Gasteiger partial charge in [-0.05, 0) is 48.9 Å². The van der Waals surface area contributed by atoms with Crippen LogP contribution in [0.4, 0.5) is 13.2 Å². The second kappa shape index (κ2) is 9.03. The molecule has 2 aromatic heterocycles. The van der Waals surface area contributed by atoms with E-state index >= 15 is 0 Å². The lowest BCUT2D eigenvalue weighted by atomic mass is 10.00. The molecule has 0 atom stereocenters. The summed E-state index contributed by atoms with van der Waals surface area (Å²) < 4.78 is 43.0. The van der Waals surface area contributed by atoms with Crippen molar-refractivity contribution >= 4 is 17.4 Å². The molecule has 0 radical (unpaired) electrons. The van der Waals surface area contributed by atoms with E-state index in [9.17, 15) is 18.0 Å². The minimum Gasteiger partial charge on any atom is -0.406 e. The second-order valence-corrected chi connectivity index (χ2v) is 7.49. The number of alkyl halides is 3. The predicted octanol–water partition coefficient (Wildman–Crippen LogP) is 5.48. The molecule has 10 heteroatoms. The largest absolute Gasteiger partial charge is 0.573 e. The van der Waals surface area contributed by atoms with Crippen LogP contribution in [0.2, 0.25) is 5.02 Å². The van der Waals surface area contributed by atoms with Gasteiger partial charge in [-0.1, -0.05) is 41.1 Å². The molecule has 0 aliphatic heterocycles. The summed E-state index contributed by atoms with van der Waals surface area (Å²) >= 11 is 6.19. The number of carbonyl (C=O) groups is 1. The third kappa shape index (κ3) is 5.04. The monoisotopic (exact) mass is 472 g/mol. The maximum Gasteiger partial charge on any atom is 0.573 e. The minimum atomic E-state index is -4.78. The van der Waals surface area contributed by atoms with Crippen LogP contribution in [0.1, 0.15) is 27.2 Å². The molecule has 2 aromatic carbocycles. The van der Waals surface area contributed by atoms with Crippen molar-refractivity contribution in [2.45, 2.75) is 19.8 Å². The average Bonchev–Trinajstić information content (AvgIpc) is 3.12. The van der Waals surface area contributed by atoms with Crippen LogP contribution in [0.15, 0.2) is 66.9 Å². The number of hydrogen-bond acceptors (Lipinski definition) is 5. The van der Waals surface area contributed by atoms with Crippen molar-refractivity contribution in [2.75, 3.05) is 0 Å². The van der Waals surface area contributed by atoms with Crippen molar-refractivity contribution in [3.8, 4) is 17.1 Å². The molecule has 4 rings (SSSR count). The van der Waals surface area contributed by atoms with E-state index in [-0.39, 0.29) is 18.1 Å². The summed E-state index contributed by atoms with van der Waals surface area (Å²) in [6, 6.07) is 15.6. The molecule has 0 N–H and O–H groups in total. The Bertz CT molecular complexity index is 1320. The van der Waals surface area contributed by atoms with Gasteiger partial charge in [-0.25, -0.2) is 4.68 Å². The fraction of sp³-hybridized carbons (Fsp3) is 0.130. The van der Waals surface area contributed by atoms with Crippen LogP contribution in [0, 0.1) is 6.92 Å². The molecule has 0 aliphatic carbocycles. The molecule has 0 saturated heterocycles. The van der Waals surface area contributed by atoms with E-state index in [0.29, 0.717) is 38.8 Å². The van der Waals surface area contributed by atoms with Gasteiger partial charge in [0.1, 0.15) is 17.1 Å². The van der Waals surface area contributed by atoms with Crippen LogP contribution < -0.4 is 4.74 Å². The standard InChI is InChI=1S/C23H16ClF3N4O2/c1-14-20(21-18(9-5-11-28-21)22(32)17-8-2-3-10-19(17)24)29-30-31(14)13-15-6-4-7-16(12-15)33-23(25,26)27/h2-12H,13H2,1H3. The van der Waals surface area contributed by atoms with Gasteiger partial charge in [0.25, 0.3) is 0 Å². The summed E-state index contributed by atoms with van der Waals surface area (Å²) in [6.45, 7) is 1.89. The first-order valence-electron chi connectivity index (χ1n) is 9.72. The lowest BCUT2D eigenvalue weighted by Gasteiger charge is -2.11. The van der Waals surface area contributed by atoms with Crippen molar-refractivity contribution < 1.29 is 22.7 Å². The molecule has 0 bridgehead atoms. The summed E-state index contributed by atoms with van der Waals surface area (Å²) in [7, 11) is 0. The molecule has 2 heterocycles. The molecule has 0 spiro atoms. The number of rotatable bonds is 6. The molecule has 0 amide bonds. The van der Waals surface area contributed by atoms with E-state index in [1.54, 1.807) is 49.4 Å². The first kappa shape index (κ1) is 22.5. The number of halogens is 4. The lowest BCUT2D eigenvalue weighted by molar-refractivity contribution is -0.274. The van der Waals surface area contributed by atoms with Crippen LogP contribution in [-0.4, -0.2) is 32.1 Å². The number of ether oxygens (including phenoxy) is 1. The van der Waals surface area contributed by atoms with E-state index in [2.05, 4.69) is 20.0 Å². The molecule has 4 aromatic rings. The Morgan fingerprint density at radius 1 is 1.03 bits per heavy atom. The normalized spacial score (nSPS) is 11.4. The van der Waals surface area contributed by atoms with Crippen molar-refractivity contribution in [3.05, 3.63) is 94.3 Å². The van der Waals surface area contributed by atoms with E-state index in [1.165, 1.54) is 29.1 Å². The third-order valence-corrected chi connectivity index (χ3v) is 5.17. The van der Waals surface area contributed by atoms with E-state index in [1.807, 2.05) is 0 Å².